The normalized spacial score (nSPS) is 14.2. The van der Waals surface area contributed by atoms with Crippen LogP contribution >= 0.6 is 0 Å². The van der Waals surface area contributed by atoms with Gasteiger partial charge in [-0.05, 0) is 18.2 Å². The van der Waals surface area contributed by atoms with E-state index in [4.69, 9.17) is 0 Å². The van der Waals surface area contributed by atoms with Crippen molar-refractivity contribution in [1.29, 1.82) is 0 Å². The van der Waals surface area contributed by atoms with Crippen molar-refractivity contribution < 1.29 is 4.79 Å². The molecule has 1 aliphatic heterocycles. The lowest BCUT2D eigenvalue weighted by Crippen LogP contribution is -2.35. The first-order chi connectivity index (χ1) is 10.8. The molecule has 3 heterocycles. The zero-order valence-corrected chi connectivity index (χ0v) is 12.4. The molecule has 0 fully saturated rings. The molecule has 2 aromatic heterocycles. The first-order valence-corrected chi connectivity index (χ1v) is 7.28. The summed E-state index contributed by atoms with van der Waals surface area (Å²) >= 11 is 0. The number of aromatic nitrogens is 2. The SMILES string of the molecule is C=CCN1CCN(C(=O)c2cccnc2)Cc2cccnc21. The van der Waals surface area contributed by atoms with E-state index in [1.54, 1.807) is 30.7 Å². The van der Waals surface area contributed by atoms with Crippen LogP contribution in [0.15, 0.2) is 55.5 Å². The van der Waals surface area contributed by atoms with Crippen molar-refractivity contribution in [2.24, 2.45) is 0 Å². The second-order valence-electron chi connectivity index (χ2n) is 5.19. The summed E-state index contributed by atoms with van der Waals surface area (Å²) in [4.78, 5) is 25.2. The number of hydrogen-bond donors (Lipinski definition) is 0. The fourth-order valence-corrected chi connectivity index (χ4v) is 2.65. The Hall–Kier alpha value is -2.69. The Labute approximate surface area is 129 Å². The summed E-state index contributed by atoms with van der Waals surface area (Å²) < 4.78 is 0. The lowest BCUT2D eigenvalue weighted by atomic mass is 10.2. The molecule has 0 atom stereocenters. The number of carbonyl (C=O) groups is 1. The average molecular weight is 294 g/mol. The highest BCUT2D eigenvalue weighted by atomic mass is 16.2. The monoisotopic (exact) mass is 294 g/mol. The molecule has 1 aliphatic rings. The van der Waals surface area contributed by atoms with Crippen LogP contribution in [-0.2, 0) is 6.54 Å². The Morgan fingerprint density at radius 3 is 2.91 bits per heavy atom. The van der Waals surface area contributed by atoms with Gasteiger partial charge in [-0.1, -0.05) is 12.1 Å². The standard InChI is InChI=1S/C17H18N4O/c1-2-9-20-10-11-21(13-15-6-4-8-19-16(15)20)17(22)14-5-3-7-18-12-14/h2-8,12H,1,9-11,13H2. The molecule has 0 saturated carbocycles. The van der Waals surface area contributed by atoms with Crippen molar-refractivity contribution in [2.45, 2.75) is 6.54 Å². The molecular formula is C17H18N4O. The van der Waals surface area contributed by atoms with E-state index in [1.807, 2.05) is 23.1 Å². The number of hydrogen-bond acceptors (Lipinski definition) is 4. The van der Waals surface area contributed by atoms with Crippen LogP contribution in [0.1, 0.15) is 15.9 Å². The van der Waals surface area contributed by atoms with Gasteiger partial charge in [0.15, 0.2) is 0 Å². The fraction of sp³-hybridized carbons (Fsp3) is 0.235. The Balaban J connectivity index is 1.88. The van der Waals surface area contributed by atoms with Gasteiger partial charge >= 0.3 is 0 Å². The maximum Gasteiger partial charge on any atom is 0.255 e. The van der Waals surface area contributed by atoms with Gasteiger partial charge in [0.25, 0.3) is 5.91 Å². The van der Waals surface area contributed by atoms with Crippen molar-refractivity contribution in [3.05, 3.63) is 66.6 Å². The van der Waals surface area contributed by atoms with Gasteiger partial charge in [-0.3, -0.25) is 9.78 Å². The maximum atomic E-state index is 12.7. The summed E-state index contributed by atoms with van der Waals surface area (Å²) in [6.45, 7) is 6.47. The van der Waals surface area contributed by atoms with E-state index in [0.717, 1.165) is 24.5 Å². The van der Waals surface area contributed by atoms with E-state index in [9.17, 15) is 4.79 Å². The van der Waals surface area contributed by atoms with Crippen LogP contribution in [0.5, 0.6) is 0 Å². The lowest BCUT2D eigenvalue weighted by Gasteiger charge is -2.22. The van der Waals surface area contributed by atoms with E-state index in [0.29, 0.717) is 18.7 Å². The van der Waals surface area contributed by atoms with Gasteiger partial charge in [0, 0.05) is 50.3 Å². The number of nitrogens with zero attached hydrogens (tertiary/aromatic N) is 4. The molecule has 0 radical (unpaired) electrons. The minimum Gasteiger partial charge on any atom is -0.351 e. The zero-order chi connectivity index (χ0) is 15.4. The fourth-order valence-electron chi connectivity index (χ4n) is 2.65. The topological polar surface area (TPSA) is 49.3 Å². The van der Waals surface area contributed by atoms with Crippen LogP contribution in [0.3, 0.4) is 0 Å². The van der Waals surface area contributed by atoms with Gasteiger partial charge < -0.3 is 9.80 Å². The highest BCUT2D eigenvalue weighted by Gasteiger charge is 2.23. The van der Waals surface area contributed by atoms with Crippen LogP contribution in [0.4, 0.5) is 5.82 Å². The molecule has 22 heavy (non-hydrogen) atoms. The lowest BCUT2D eigenvalue weighted by molar-refractivity contribution is 0.0751. The van der Waals surface area contributed by atoms with E-state index >= 15 is 0 Å². The molecule has 0 bridgehead atoms. The first-order valence-electron chi connectivity index (χ1n) is 7.28. The Morgan fingerprint density at radius 1 is 1.27 bits per heavy atom. The molecule has 0 aliphatic carbocycles. The quantitative estimate of drug-likeness (QED) is 0.814. The average Bonchev–Trinajstić information content (AvgIpc) is 2.75. The molecule has 5 heteroatoms. The number of anilines is 1. The van der Waals surface area contributed by atoms with E-state index in [1.165, 1.54) is 0 Å². The van der Waals surface area contributed by atoms with Crippen molar-refractivity contribution in [1.82, 2.24) is 14.9 Å². The van der Waals surface area contributed by atoms with Crippen molar-refractivity contribution in [3.8, 4) is 0 Å². The van der Waals surface area contributed by atoms with Gasteiger partial charge in [0.1, 0.15) is 5.82 Å². The van der Waals surface area contributed by atoms with E-state index in [-0.39, 0.29) is 5.91 Å². The molecule has 2 aromatic rings. The molecule has 1 amide bonds. The second kappa shape index (κ2) is 6.39. The highest BCUT2D eigenvalue weighted by Crippen LogP contribution is 2.23. The summed E-state index contributed by atoms with van der Waals surface area (Å²) in [5.74, 6) is 0.937. The van der Waals surface area contributed by atoms with Crippen molar-refractivity contribution >= 4 is 11.7 Å². The number of carbonyl (C=O) groups excluding carboxylic acids is 1. The smallest absolute Gasteiger partial charge is 0.255 e. The third-order valence-electron chi connectivity index (χ3n) is 3.71. The molecular weight excluding hydrogens is 276 g/mol. The number of amides is 1. The third kappa shape index (κ3) is 2.83. The summed E-state index contributed by atoms with van der Waals surface area (Å²) in [6, 6.07) is 7.51. The molecule has 0 spiro atoms. The first kappa shape index (κ1) is 14.3. The Bertz CT molecular complexity index is 671. The van der Waals surface area contributed by atoms with Gasteiger partial charge in [0.2, 0.25) is 0 Å². The molecule has 0 aromatic carbocycles. The van der Waals surface area contributed by atoms with Crippen LogP contribution in [0, 0.1) is 0 Å². The molecule has 0 unspecified atom stereocenters. The predicted octanol–water partition coefficient (Wildman–Crippen LogP) is 2.12. The van der Waals surface area contributed by atoms with Gasteiger partial charge in [0.05, 0.1) is 5.56 Å². The molecule has 112 valence electrons. The third-order valence-corrected chi connectivity index (χ3v) is 3.71. The van der Waals surface area contributed by atoms with Crippen LogP contribution in [-0.4, -0.2) is 40.4 Å². The Morgan fingerprint density at radius 2 is 2.14 bits per heavy atom. The maximum absolute atomic E-state index is 12.7. The molecule has 0 saturated heterocycles. The van der Waals surface area contributed by atoms with E-state index < -0.39 is 0 Å². The second-order valence-corrected chi connectivity index (χ2v) is 5.19. The minimum atomic E-state index is 0.00311. The van der Waals surface area contributed by atoms with Crippen LogP contribution in [0.25, 0.3) is 0 Å². The summed E-state index contributed by atoms with van der Waals surface area (Å²) in [5.41, 5.74) is 1.67. The Kier molecular flexibility index (Phi) is 4.14. The summed E-state index contributed by atoms with van der Waals surface area (Å²) in [6.07, 6.45) is 6.92. The predicted molar refractivity (Wildman–Crippen MR) is 85.6 cm³/mol. The number of pyridine rings is 2. The van der Waals surface area contributed by atoms with Crippen LogP contribution < -0.4 is 4.90 Å². The van der Waals surface area contributed by atoms with Crippen molar-refractivity contribution in [3.63, 3.8) is 0 Å². The summed E-state index contributed by atoms with van der Waals surface area (Å²) in [7, 11) is 0. The van der Waals surface area contributed by atoms with Gasteiger partial charge in [-0.15, -0.1) is 6.58 Å². The van der Waals surface area contributed by atoms with Gasteiger partial charge in [-0.25, -0.2) is 4.98 Å². The largest absolute Gasteiger partial charge is 0.351 e. The number of fused-ring (bicyclic) bond motifs is 1. The molecule has 5 nitrogen and oxygen atoms in total. The highest BCUT2D eigenvalue weighted by molar-refractivity contribution is 5.94. The van der Waals surface area contributed by atoms with E-state index in [2.05, 4.69) is 21.4 Å². The minimum absolute atomic E-state index is 0.00311. The van der Waals surface area contributed by atoms with Crippen LogP contribution in [0.2, 0.25) is 0 Å². The molecule has 3 rings (SSSR count). The summed E-state index contributed by atoms with van der Waals surface area (Å²) in [5, 5.41) is 0. The van der Waals surface area contributed by atoms with Gasteiger partial charge in [-0.2, -0.15) is 0 Å². The number of rotatable bonds is 3. The zero-order valence-electron chi connectivity index (χ0n) is 12.4. The van der Waals surface area contributed by atoms with Crippen molar-refractivity contribution in [2.75, 3.05) is 24.5 Å². The molecule has 0 N–H and O–H groups in total.